The van der Waals surface area contributed by atoms with Crippen LogP contribution in [-0.4, -0.2) is 61.7 Å². The molecule has 1 aromatic carbocycles. The van der Waals surface area contributed by atoms with Crippen LogP contribution < -0.4 is 10.1 Å². The third-order valence-electron chi connectivity index (χ3n) is 5.64. The Morgan fingerprint density at radius 1 is 1.29 bits per heavy atom. The van der Waals surface area contributed by atoms with E-state index >= 15 is 0 Å². The van der Waals surface area contributed by atoms with Crippen LogP contribution in [0.5, 0.6) is 5.75 Å². The minimum absolute atomic E-state index is 0.168. The van der Waals surface area contributed by atoms with Gasteiger partial charge in [-0.25, -0.2) is 0 Å². The molecule has 2 amide bonds. The highest BCUT2D eigenvalue weighted by atomic mass is 32.1. The number of benzene rings is 1. The van der Waals surface area contributed by atoms with Crippen LogP contribution in [0.1, 0.15) is 39.3 Å². The van der Waals surface area contributed by atoms with Crippen LogP contribution >= 0.6 is 11.3 Å². The van der Waals surface area contributed by atoms with Crippen molar-refractivity contribution in [2.45, 2.75) is 37.5 Å². The van der Waals surface area contributed by atoms with Gasteiger partial charge in [0.25, 0.3) is 11.8 Å². The van der Waals surface area contributed by atoms with E-state index in [0.717, 1.165) is 0 Å². The van der Waals surface area contributed by atoms with Crippen molar-refractivity contribution in [1.82, 2.24) is 4.90 Å². The van der Waals surface area contributed by atoms with E-state index in [2.05, 4.69) is 5.32 Å². The molecule has 164 valence electrons. The maximum Gasteiger partial charge on any atom is 0.308 e. The van der Waals surface area contributed by atoms with Crippen LogP contribution in [0.2, 0.25) is 0 Å². The van der Waals surface area contributed by atoms with Gasteiger partial charge in [0, 0.05) is 12.7 Å². The van der Waals surface area contributed by atoms with Crippen molar-refractivity contribution in [1.29, 1.82) is 0 Å². The summed E-state index contributed by atoms with van der Waals surface area (Å²) in [6.07, 6.45) is 0.930. The van der Waals surface area contributed by atoms with Crippen LogP contribution in [0, 0.1) is 0 Å². The third-order valence-corrected chi connectivity index (χ3v) is 6.51. The lowest BCUT2D eigenvalue weighted by Gasteiger charge is -2.42. The Morgan fingerprint density at radius 3 is 2.87 bits per heavy atom. The summed E-state index contributed by atoms with van der Waals surface area (Å²) in [5.74, 6) is -0.308. The number of ether oxygens (including phenoxy) is 3. The molecule has 1 aromatic heterocycles. The molecule has 31 heavy (non-hydrogen) atoms. The topological polar surface area (TPSA) is 94.2 Å². The molecule has 1 N–H and O–H groups in total. The zero-order valence-corrected chi connectivity index (χ0v) is 18.1. The van der Waals surface area contributed by atoms with Gasteiger partial charge in [0.2, 0.25) is 0 Å². The number of carbonyl (C=O) groups excluding carboxylic acids is 3. The number of thiophene rings is 1. The summed E-state index contributed by atoms with van der Waals surface area (Å²) < 4.78 is 16.7. The maximum absolute atomic E-state index is 13.2. The van der Waals surface area contributed by atoms with Crippen LogP contribution in [0.4, 0.5) is 5.69 Å². The van der Waals surface area contributed by atoms with E-state index in [9.17, 15) is 14.4 Å². The molecule has 0 spiro atoms. The predicted molar refractivity (Wildman–Crippen MR) is 115 cm³/mol. The molecule has 2 aromatic rings. The second-order valence-electron chi connectivity index (χ2n) is 7.59. The highest BCUT2D eigenvalue weighted by Crippen LogP contribution is 2.32. The van der Waals surface area contributed by atoms with Crippen molar-refractivity contribution in [2.24, 2.45) is 0 Å². The number of fused-ring (bicyclic) bond motifs is 2. The molecule has 9 heteroatoms. The van der Waals surface area contributed by atoms with Crippen molar-refractivity contribution >= 4 is 34.8 Å². The first-order chi connectivity index (χ1) is 15.0. The number of likely N-dealkylation sites (N-methyl/N-ethyl adjacent to an activating group) is 1. The summed E-state index contributed by atoms with van der Waals surface area (Å²) in [6, 6.07) is 8.42. The SMILES string of the molecule is COC(=O)C[C@@H]1CC[C@H]2[C@H](COc3ccc(NC(=O)c4cccs4)cc3C(=O)N2C)O1. The van der Waals surface area contributed by atoms with E-state index in [-0.39, 0.29) is 49.1 Å². The summed E-state index contributed by atoms with van der Waals surface area (Å²) in [4.78, 5) is 39.4. The first-order valence-electron chi connectivity index (χ1n) is 10.1. The molecule has 0 bridgehead atoms. The van der Waals surface area contributed by atoms with Gasteiger partial charge in [0.05, 0.1) is 36.1 Å². The highest BCUT2D eigenvalue weighted by Gasteiger charge is 2.39. The monoisotopic (exact) mass is 444 g/mol. The summed E-state index contributed by atoms with van der Waals surface area (Å²) in [6.45, 7) is 0.258. The van der Waals surface area contributed by atoms with Gasteiger partial charge >= 0.3 is 5.97 Å². The van der Waals surface area contributed by atoms with Gasteiger partial charge in [-0.2, -0.15) is 0 Å². The quantitative estimate of drug-likeness (QED) is 0.729. The van der Waals surface area contributed by atoms with Gasteiger partial charge in [0.15, 0.2) is 0 Å². The molecule has 0 radical (unpaired) electrons. The molecule has 0 saturated carbocycles. The summed E-state index contributed by atoms with van der Waals surface area (Å²) in [5, 5.41) is 4.66. The zero-order valence-electron chi connectivity index (χ0n) is 17.3. The Balaban J connectivity index is 1.52. The van der Waals surface area contributed by atoms with E-state index in [1.165, 1.54) is 18.4 Å². The molecule has 0 aliphatic carbocycles. The van der Waals surface area contributed by atoms with Gasteiger partial charge in [0.1, 0.15) is 18.5 Å². The third kappa shape index (κ3) is 4.57. The first-order valence-corrected chi connectivity index (χ1v) is 11.0. The molecule has 1 fully saturated rings. The fourth-order valence-corrected chi connectivity index (χ4v) is 4.59. The molecule has 3 atom stereocenters. The average Bonchev–Trinajstić information content (AvgIpc) is 3.32. The number of amides is 2. The number of anilines is 1. The Labute approximate surface area is 184 Å². The lowest BCUT2D eigenvalue weighted by Crippen LogP contribution is -2.53. The van der Waals surface area contributed by atoms with Crippen LogP contribution in [-0.2, 0) is 14.3 Å². The Kier molecular flexibility index (Phi) is 6.24. The Morgan fingerprint density at radius 2 is 2.13 bits per heavy atom. The van der Waals surface area contributed by atoms with Gasteiger partial charge in [-0.3, -0.25) is 14.4 Å². The number of hydrogen-bond acceptors (Lipinski definition) is 7. The number of carbonyl (C=O) groups is 3. The fraction of sp³-hybridized carbons (Fsp3) is 0.409. The number of esters is 1. The van der Waals surface area contributed by atoms with Gasteiger partial charge in [-0.05, 0) is 42.5 Å². The van der Waals surface area contributed by atoms with Crippen molar-refractivity contribution < 1.29 is 28.6 Å². The number of methoxy groups -OCH3 is 1. The standard InChI is InChI=1S/C22H24N2O6S/c1-24-16-7-6-14(11-20(25)28-2)30-18(16)12-29-17-8-5-13(10-15(17)22(24)27)23-21(26)19-4-3-9-31-19/h3-5,8-10,14,16,18H,6-7,11-12H2,1-2H3,(H,23,26)/t14-,16-,18-/m0/s1. The average molecular weight is 445 g/mol. The van der Waals surface area contributed by atoms with Crippen molar-refractivity contribution in [3.63, 3.8) is 0 Å². The largest absolute Gasteiger partial charge is 0.490 e. The second-order valence-corrected chi connectivity index (χ2v) is 8.54. The van der Waals surface area contributed by atoms with Crippen LogP contribution in [0.25, 0.3) is 0 Å². The number of rotatable bonds is 4. The first kappa shape index (κ1) is 21.3. The van der Waals surface area contributed by atoms with E-state index in [1.807, 2.05) is 11.4 Å². The zero-order chi connectivity index (χ0) is 22.0. The van der Waals surface area contributed by atoms with E-state index in [1.54, 1.807) is 36.2 Å². The number of hydrogen-bond donors (Lipinski definition) is 1. The highest BCUT2D eigenvalue weighted by molar-refractivity contribution is 7.12. The molecular weight excluding hydrogens is 420 g/mol. The molecule has 0 unspecified atom stereocenters. The van der Waals surface area contributed by atoms with Crippen LogP contribution in [0.3, 0.4) is 0 Å². The fourth-order valence-electron chi connectivity index (χ4n) is 3.97. The molecule has 2 aliphatic rings. The predicted octanol–water partition coefficient (Wildman–Crippen LogP) is 2.94. The molecule has 3 heterocycles. The minimum atomic E-state index is -0.344. The normalized spacial score (nSPS) is 23.0. The summed E-state index contributed by atoms with van der Waals surface area (Å²) in [7, 11) is 3.10. The van der Waals surface area contributed by atoms with Crippen molar-refractivity contribution in [2.75, 3.05) is 26.1 Å². The van der Waals surface area contributed by atoms with E-state index in [0.29, 0.717) is 34.7 Å². The molecule has 1 saturated heterocycles. The molecule has 8 nitrogen and oxygen atoms in total. The van der Waals surface area contributed by atoms with Crippen molar-refractivity contribution in [3.05, 3.63) is 46.2 Å². The lowest BCUT2D eigenvalue weighted by molar-refractivity contribution is -0.151. The van der Waals surface area contributed by atoms with Crippen molar-refractivity contribution in [3.8, 4) is 5.75 Å². The Bertz CT molecular complexity index is 976. The van der Waals surface area contributed by atoms with E-state index < -0.39 is 0 Å². The van der Waals surface area contributed by atoms with Gasteiger partial charge in [-0.1, -0.05) is 6.07 Å². The van der Waals surface area contributed by atoms with Gasteiger partial charge in [-0.15, -0.1) is 11.3 Å². The maximum atomic E-state index is 13.2. The van der Waals surface area contributed by atoms with E-state index in [4.69, 9.17) is 14.2 Å². The summed E-state index contributed by atoms with van der Waals surface area (Å²) >= 11 is 1.35. The smallest absolute Gasteiger partial charge is 0.308 e. The Hall–Kier alpha value is -2.91. The molecular formula is C22H24N2O6S. The lowest BCUT2D eigenvalue weighted by atomic mass is 9.94. The second kappa shape index (κ2) is 9.07. The molecule has 4 rings (SSSR count). The van der Waals surface area contributed by atoms with Crippen LogP contribution in [0.15, 0.2) is 35.7 Å². The number of nitrogens with zero attached hydrogens (tertiary/aromatic N) is 1. The van der Waals surface area contributed by atoms with Gasteiger partial charge < -0.3 is 24.4 Å². The summed E-state index contributed by atoms with van der Waals surface area (Å²) in [5.41, 5.74) is 0.916. The minimum Gasteiger partial charge on any atom is -0.490 e. The number of nitrogens with one attached hydrogen (secondary N) is 1. The molecule has 2 aliphatic heterocycles.